The predicted molar refractivity (Wildman–Crippen MR) is 57.5 cm³/mol. The van der Waals surface area contributed by atoms with Gasteiger partial charge in [0.2, 0.25) is 0 Å². The van der Waals surface area contributed by atoms with Crippen LogP contribution < -0.4 is 5.73 Å². The first-order valence-electron chi connectivity index (χ1n) is 3.62. The Morgan fingerprint density at radius 1 is 1.23 bits per heavy atom. The molecule has 0 fully saturated rings. The number of nitrogens with zero attached hydrogens (tertiary/aromatic N) is 2. The van der Waals surface area contributed by atoms with Crippen molar-refractivity contribution in [1.29, 1.82) is 0 Å². The predicted octanol–water partition coefficient (Wildman–Crippen LogP) is 2.55. The van der Waals surface area contributed by atoms with Crippen molar-refractivity contribution in [3.8, 4) is 11.3 Å². The maximum absolute atomic E-state index is 5.66. The van der Waals surface area contributed by atoms with Crippen LogP contribution in [0.4, 0.5) is 5.82 Å². The quantitative estimate of drug-likeness (QED) is 0.853. The van der Waals surface area contributed by atoms with Gasteiger partial charge < -0.3 is 5.73 Å². The summed E-state index contributed by atoms with van der Waals surface area (Å²) < 4.78 is 9.02. The topological polar surface area (TPSA) is 51.8 Å². The first-order valence-corrected chi connectivity index (χ1v) is 5.14. The third-order valence-corrected chi connectivity index (χ3v) is 2.88. The fourth-order valence-electron chi connectivity index (χ4n) is 1.04. The van der Waals surface area contributed by atoms with Gasteiger partial charge in [-0.2, -0.15) is 8.75 Å². The van der Waals surface area contributed by atoms with E-state index >= 15 is 0 Å². The Labute approximate surface area is 88.1 Å². The lowest BCUT2D eigenvalue weighted by molar-refractivity contribution is 1.48. The normalized spacial score (nSPS) is 10.2. The van der Waals surface area contributed by atoms with Crippen LogP contribution in [0.5, 0.6) is 0 Å². The lowest BCUT2D eigenvalue weighted by Gasteiger charge is -1.99. The third-order valence-electron chi connectivity index (χ3n) is 1.64. The van der Waals surface area contributed by atoms with Crippen molar-refractivity contribution in [2.24, 2.45) is 0 Å². The van der Waals surface area contributed by atoms with Crippen LogP contribution in [-0.2, 0) is 0 Å². The molecule has 0 spiro atoms. The maximum atomic E-state index is 5.66. The van der Waals surface area contributed by atoms with E-state index in [2.05, 4.69) is 24.7 Å². The zero-order chi connectivity index (χ0) is 9.26. The average Bonchev–Trinajstić information content (AvgIpc) is 2.52. The first kappa shape index (κ1) is 8.65. The van der Waals surface area contributed by atoms with E-state index in [0.29, 0.717) is 5.82 Å². The fraction of sp³-hybridized carbons (Fsp3) is 0. The average molecular weight is 256 g/mol. The molecular formula is C8H6BrN3S. The summed E-state index contributed by atoms with van der Waals surface area (Å²) in [4.78, 5) is 0. The van der Waals surface area contributed by atoms with Crippen molar-refractivity contribution < 1.29 is 0 Å². The van der Waals surface area contributed by atoms with Crippen LogP contribution in [0.1, 0.15) is 0 Å². The largest absolute Gasteiger partial charge is 0.381 e. The van der Waals surface area contributed by atoms with E-state index in [1.165, 1.54) is 0 Å². The summed E-state index contributed by atoms with van der Waals surface area (Å²) >= 11 is 4.56. The van der Waals surface area contributed by atoms with Crippen molar-refractivity contribution >= 4 is 33.5 Å². The number of nitrogens with two attached hydrogens (primary N) is 1. The minimum absolute atomic E-state index is 0.483. The van der Waals surface area contributed by atoms with Crippen molar-refractivity contribution in [3.05, 3.63) is 28.7 Å². The summed E-state index contributed by atoms with van der Waals surface area (Å²) in [7, 11) is 0. The Hall–Kier alpha value is -0.940. The SMILES string of the molecule is Nc1nsnc1-c1ccccc1Br. The van der Waals surface area contributed by atoms with Gasteiger partial charge in [-0.15, -0.1) is 0 Å². The molecular weight excluding hydrogens is 250 g/mol. The standard InChI is InChI=1S/C8H6BrN3S/c9-6-4-2-1-3-5(6)7-8(10)12-13-11-7/h1-4H,(H2,10,12). The number of aromatic nitrogens is 2. The molecule has 1 heterocycles. The molecule has 0 atom stereocenters. The summed E-state index contributed by atoms with van der Waals surface area (Å²) in [6.45, 7) is 0. The van der Waals surface area contributed by atoms with Gasteiger partial charge in [0.25, 0.3) is 0 Å². The van der Waals surface area contributed by atoms with Crippen LogP contribution in [0, 0.1) is 0 Å². The molecule has 66 valence electrons. The van der Waals surface area contributed by atoms with Gasteiger partial charge in [0.15, 0.2) is 5.82 Å². The van der Waals surface area contributed by atoms with E-state index in [9.17, 15) is 0 Å². The molecule has 0 aliphatic heterocycles. The molecule has 0 saturated carbocycles. The van der Waals surface area contributed by atoms with Crippen LogP contribution in [0.15, 0.2) is 28.7 Å². The monoisotopic (exact) mass is 255 g/mol. The summed E-state index contributed by atoms with van der Waals surface area (Å²) in [5.74, 6) is 0.483. The highest BCUT2D eigenvalue weighted by molar-refractivity contribution is 9.10. The van der Waals surface area contributed by atoms with Crippen molar-refractivity contribution in [2.45, 2.75) is 0 Å². The molecule has 2 aromatic rings. The minimum atomic E-state index is 0.483. The number of benzene rings is 1. The van der Waals surface area contributed by atoms with E-state index < -0.39 is 0 Å². The molecule has 13 heavy (non-hydrogen) atoms. The van der Waals surface area contributed by atoms with Crippen LogP contribution in [0.2, 0.25) is 0 Å². The Morgan fingerprint density at radius 3 is 2.62 bits per heavy atom. The summed E-state index contributed by atoms with van der Waals surface area (Å²) in [5.41, 5.74) is 7.39. The lowest BCUT2D eigenvalue weighted by Crippen LogP contribution is -1.88. The highest BCUT2D eigenvalue weighted by atomic mass is 79.9. The summed E-state index contributed by atoms with van der Waals surface area (Å²) in [5, 5.41) is 0. The van der Waals surface area contributed by atoms with Crippen LogP contribution in [0.3, 0.4) is 0 Å². The molecule has 0 aliphatic carbocycles. The van der Waals surface area contributed by atoms with Gasteiger partial charge in [0, 0.05) is 10.0 Å². The minimum Gasteiger partial charge on any atom is -0.381 e. The Kier molecular flexibility index (Phi) is 2.28. The van der Waals surface area contributed by atoms with Gasteiger partial charge in [0.1, 0.15) is 5.69 Å². The summed E-state index contributed by atoms with van der Waals surface area (Å²) in [6, 6.07) is 7.80. The van der Waals surface area contributed by atoms with Gasteiger partial charge in [0.05, 0.1) is 11.7 Å². The first-order chi connectivity index (χ1) is 6.29. The van der Waals surface area contributed by atoms with Gasteiger partial charge in [-0.05, 0) is 6.07 Å². The number of hydrogen-bond donors (Lipinski definition) is 1. The fourth-order valence-corrected chi connectivity index (χ4v) is 2.00. The number of nitrogen functional groups attached to an aromatic ring is 1. The Bertz CT molecular complexity index is 427. The zero-order valence-electron chi connectivity index (χ0n) is 6.57. The summed E-state index contributed by atoms with van der Waals surface area (Å²) in [6.07, 6.45) is 0. The van der Waals surface area contributed by atoms with Crippen LogP contribution >= 0.6 is 27.7 Å². The highest BCUT2D eigenvalue weighted by Crippen LogP contribution is 2.29. The number of anilines is 1. The molecule has 0 saturated heterocycles. The second-order valence-corrected chi connectivity index (χ2v) is 3.86. The number of halogens is 1. The smallest absolute Gasteiger partial charge is 0.165 e. The third kappa shape index (κ3) is 1.57. The zero-order valence-corrected chi connectivity index (χ0v) is 8.97. The van der Waals surface area contributed by atoms with E-state index in [1.54, 1.807) is 0 Å². The number of rotatable bonds is 1. The molecule has 0 unspecified atom stereocenters. The van der Waals surface area contributed by atoms with Gasteiger partial charge in [-0.3, -0.25) is 0 Å². The number of hydrogen-bond acceptors (Lipinski definition) is 4. The second-order valence-electron chi connectivity index (χ2n) is 2.48. The Morgan fingerprint density at radius 2 is 2.00 bits per heavy atom. The molecule has 2 rings (SSSR count). The molecule has 2 N–H and O–H groups in total. The van der Waals surface area contributed by atoms with Crippen LogP contribution in [0.25, 0.3) is 11.3 Å². The van der Waals surface area contributed by atoms with E-state index in [-0.39, 0.29) is 0 Å². The van der Waals surface area contributed by atoms with Crippen molar-refractivity contribution in [3.63, 3.8) is 0 Å². The molecule has 3 nitrogen and oxygen atoms in total. The molecule has 0 radical (unpaired) electrons. The lowest BCUT2D eigenvalue weighted by atomic mass is 10.1. The molecule has 5 heteroatoms. The van der Waals surface area contributed by atoms with E-state index in [0.717, 1.165) is 27.5 Å². The molecule has 0 bridgehead atoms. The van der Waals surface area contributed by atoms with Gasteiger partial charge in [-0.25, -0.2) is 0 Å². The van der Waals surface area contributed by atoms with Gasteiger partial charge >= 0.3 is 0 Å². The maximum Gasteiger partial charge on any atom is 0.165 e. The second kappa shape index (κ2) is 3.43. The highest BCUT2D eigenvalue weighted by Gasteiger charge is 2.09. The van der Waals surface area contributed by atoms with E-state index in [1.807, 2.05) is 24.3 Å². The molecule has 0 amide bonds. The van der Waals surface area contributed by atoms with Gasteiger partial charge in [-0.1, -0.05) is 34.1 Å². The van der Waals surface area contributed by atoms with Crippen LogP contribution in [-0.4, -0.2) is 8.75 Å². The Balaban J connectivity index is 2.59. The molecule has 0 aliphatic rings. The van der Waals surface area contributed by atoms with Crippen molar-refractivity contribution in [1.82, 2.24) is 8.75 Å². The molecule has 1 aromatic carbocycles. The van der Waals surface area contributed by atoms with Crippen molar-refractivity contribution in [2.75, 3.05) is 5.73 Å². The van der Waals surface area contributed by atoms with E-state index in [4.69, 9.17) is 5.73 Å². The molecule has 1 aromatic heterocycles.